The van der Waals surface area contributed by atoms with Crippen LogP contribution in [0.15, 0.2) is 48.7 Å². The minimum absolute atomic E-state index is 0.114. The fourth-order valence-corrected chi connectivity index (χ4v) is 4.10. The van der Waals surface area contributed by atoms with Gasteiger partial charge in [0, 0.05) is 54.8 Å². The molecule has 0 spiro atoms. The molecule has 1 aliphatic heterocycles. The summed E-state index contributed by atoms with van der Waals surface area (Å²) in [4.78, 5) is 12.6. The van der Waals surface area contributed by atoms with Gasteiger partial charge in [0.2, 0.25) is 5.91 Å². The number of hydrogen-bond acceptors (Lipinski definition) is 8. The second-order valence-electron chi connectivity index (χ2n) is 8.27. The molecule has 10 heteroatoms. The molecule has 2 heterocycles. The summed E-state index contributed by atoms with van der Waals surface area (Å²) in [5.41, 5.74) is 4.57. The predicted molar refractivity (Wildman–Crippen MR) is 134 cm³/mol. The molecule has 1 aromatic heterocycles. The normalized spacial score (nSPS) is 16.2. The quantitative estimate of drug-likeness (QED) is 0.223. The standard InChI is InChI=1S/C25H28FN7O2/c1-15-22-21(32-23(15)25(34)28-8-9-35-2)14-30-33-24(22)31-19-6-7-20(17(11-19)12-27)29-13-16-4-3-5-18(26)10-16/h3-7,10-12,14-15,23,27,29,32H,8-9,13H2,1-2H3,(H,28,34)(H,31,33)/t15?,23-/m1/s1. The van der Waals surface area contributed by atoms with Crippen LogP contribution in [0, 0.1) is 11.2 Å². The summed E-state index contributed by atoms with van der Waals surface area (Å²) >= 11 is 0. The monoisotopic (exact) mass is 477 g/mol. The summed E-state index contributed by atoms with van der Waals surface area (Å²) in [7, 11) is 1.59. The van der Waals surface area contributed by atoms with Gasteiger partial charge in [-0.3, -0.25) is 4.79 Å². The number of benzene rings is 2. The Kier molecular flexibility index (Phi) is 7.51. The number of carbonyl (C=O) groups excluding carboxylic acids is 1. The van der Waals surface area contributed by atoms with E-state index in [1.54, 1.807) is 19.4 Å². The van der Waals surface area contributed by atoms with Gasteiger partial charge in [0.15, 0.2) is 5.82 Å². The molecule has 0 saturated heterocycles. The van der Waals surface area contributed by atoms with Crippen LogP contribution in [0.5, 0.6) is 0 Å². The lowest BCUT2D eigenvalue weighted by molar-refractivity contribution is -0.122. The summed E-state index contributed by atoms with van der Waals surface area (Å²) in [5, 5.41) is 28.8. The molecule has 2 aromatic carbocycles. The number of hydrogen-bond donors (Lipinski definition) is 5. The number of nitrogens with one attached hydrogen (secondary N) is 5. The third kappa shape index (κ3) is 5.55. The van der Waals surface area contributed by atoms with Crippen molar-refractivity contribution in [1.29, 1.82) is 5.41 Å². The average Bonchev–Trinajstić information content (AvgIpc) is 3.20. The number of anilines is 4. The molecule has 0 radical (unpaired) electrons. The second kappa shape index (κ2) is 10.9. The van der Waals surface area contributed by atoms with Gasteiger partial charge in [-0.15, -0.1) is 5.10 Å². The Balaban J connectivity index is 1.48. The van der Waals surface area contributed by atoms with E-state index >= 15 is 0 Å². The van der Waals surface area contributed by atoms with E-state index < -0.39 is 6.04 Å². The van der Waals surface area contributed by atoms with E-state index in [1.807, 2.05) is 31.2 Å². The van der Waals surface area contributed by atoms with Crippen molar-refractivity contribution in [1.82, 2.24) is 15.5 Å². The zero-order valence-electron chi connectivity index (χ0n) is 19.6. The van der Waals surface area contributed by atoms with Crippen LogP contribution < -0.4 is 21.3 Å². The zero-order valence-corrected chi connectivity index (χ0v) is 19.6. The van der Waals surface area contributed by atoms with Gasteiger partial charge < -0.3 is 31.4 Å². The smallest absolute Gasteiger partial charge is 0.243 e. The first-order valence-corrected chi connectivity index (χ1v) is 11.3. The zero-order chi connectivity index (χ0) is 24.8. The lowest BCUT2D eigenvalue weighted by Crippen LogP contribution is -2.41. The Labute approximate surface area is 203 Å². The highest BCUT2D eigenvalue weighted by Gasteiger charge is 2.36. The van der Waals surface area contributed by atoms with Crippen molar-refractivity contribution >= 4 is 35.0 Å². The Bertz CT molecular complexity index is 1220. The van der Waals surface area contributed by atoms with E-state index in [1.165, 1.54) is 18.3 Å². The summed E-state index contributed by atoms with van der Waals surface area (Å²) in [6, 6.07) is 11.5. The van der Waals surface area contributed by atoms with Crippen LogP contribution in [0.4, 0.5) is 27.3 Å². The highest BCUT2D eigenvalue weighted by Crippen LogP contribution is 2.40. The van der Waals surface area contributed by atoms with Crippen LogP contribution in [0.25, 0.3) is 0 Å². The van der Waals surface area contributed by atoms with E-state index in [0.717, 1.165) is 28.2 Å². The topological polar surface area (TPSA) is 124 Å². The number of halogens is 1. The van der Waals surface area contributed by atoms with Crippen molar-refractivity contribution < 1.29 is 13.9 Å². The van der Waals surface area contributed by atoms with Crippen LogP contribution in [0.2, 0.25) is 0 Å². The van der Waals surface area contributed by atoms with Gasteiger partial charge in [-0.1, -0.05) is 19.1 Å². The predicted octanol–water partition coefficient (Wildman–Crippen LogP) is 3.63. The van der Waals surface area contributed by atoms with Crippen LogP contribution in [0.1, 0.15) is 29.5 Å². The number of methoxy groups -OCH3 is 1. The molecule has 1 unspecified atom stereocenters. The highest BCUT2D eigenvalue weighted by molar-refractivity contribution is 5.91. The van der Waals surface area contributed by atoms with E-state index in [4.69, 9.17) is 10.1 Å². The van der Waals surface area contributed by atoms with Gasteiger partial charge in [0.1, 0.15) is 11.9 Å². The summed E-state index contributed by atoms with van der Waals surface area (Å²) < 4.78 is 18.4. The number of amides is 1. The molecule has 182 valence electrons. The van der Waals surface area contributed by atoms with Gasteiger partial charge >= 0.3 is 0 Å². The van der Waals surface area contributed by atoms with Crippen molar-refractivity contribution in [2.24, 2.45) is 0 Å². The summed E-state index contributed by atoms with van der Waals surface area (Å²) in [6.45, 7) is 3.27. The van der Waals surface area contributed by atoms with Gasteiger partial charge in [-0.25, -0.2) is 4.39 Å². The minimum atomic E-state index is -0.444. The number of nitrogens with zero attached hydrogens (tertiary/aromatic N) is 2. The fraction of sp³-hybridized carbons (Fsp3) is 0.280. The molecule has 0 saturated carbocycles. The van der Waals surface area contributed by atoms with Gasteiger partial charge in [-0.2, -0.15) is 5.10 Å². The first-order valence-electron chi connectivity index (χ1n) is 11.3. The van der Waals surface area contributed by atoms with Crippen molar-refractivity contribution in [2.75, 3.05) is 36.2 Å². The second-order valence-corrected chi connectivity index (χ2v) is 8.27. The number of fused-ring (bicyclic) bond motifs is 1. The largest absolute Gasteiger partial charge is 0.383 e. The summed E-state index contributed by atoms with van der Waals surface area (Å²) in [6.07, 6.45) is 2.87. The van der Waals surface area contributed by atoms with Crippen molar-refractivity contribution in [3.05, 3.63) is 71.2 Å². The lowest BCUT2D eigenvalue weighted by Gasteiger charge is -2.17. The number of ether oxygens (including phenoxy) is 1. The molecular weight excluding hydrogens is 449 g/mol. The molecule has 9 nitrogen and oxygen atoms in total. The molecule has 0 fully saturated rings. The third-order valence-corrected chi connectivity index (χ3v) is 5.89. The SMILES string of the molecule is COCCNC(=O)[C@@H]1Nc2cnnc(Nc3ccc(NCc4cccc(F)c4)c(C=N)c3)c2C1C. The van der Waals surface area contributed by atoms with Crippen LogP contribution >= 0.6 is 0 Å². The lowest BCUT2D eigenvalue weighted by atomic mass is 9.97. The number of carbonyl (C=O) groups is 1. The fourth-order valence-electron chi connectivity index (χ4n) is 4.10. The molecule has 0 bridgehead atoms. The molecule has 1 amide bonds. The maximum Gasteiger partial charge on any atom is 0.243 e. The van der Waals surface area contributed by atoms with Crippen LogP contribution in [-0.4, -0.2) is 48.6 Å². The average molecular weight is 478 g/mol. The minimum Gasteiger partial charge on any atom is -0.383 e. The van der Waals surface area contributed by atoms with E-state index in [2.05, 4.69) is 31.5 Å². The molecule has 5 N–H and O–H groups in total. The number of rotatable bonds is 10. The van der Waals surface area contributed by atoms with E-state index in [0.29, 0.717) is 31.1 Å². The molecule has 4 rings (SSSR count). The molecule has 0 aliphatic carbocycles. The Morgan fingerprint density at radius 1 is 1.29 bits per heavy atom. The molecule has 2 atom stereocenters. The summed E-state index contributed by atoms with van der Waals surface area (Å²) in [5.74, 6) is 0.00797. The van der Waals surface area contributed by atoms with Crippen molar-refractivity contribution in [3.8, 4) is 0 Å². The molecule has 3 aromatic rings. The van der Waals surface area contributed by atoms with Gasteiger partial charge in [0.05, 0.1) is 18.5 Å². The Morgan fingerprint density at radius 2 is 2.14 bits per heavy atom. The Morgan fingerprint density at radius 3 is 2.91 bits per heavy atom. The van der Waals surface area contributed by atoms with Gasteiger partial charge in [-0.05, 0) is 35.9 Å². The highest BCUT2D eigenvalue weighted by atomic mass is 19.1. The van der Waals surface area contributed by atoms with Crippen LogP contribution in [0.3, 0.4) is 0 Å². The Hall–Kier alpha value is -4.05. The van der Waals surface area contributed by atoms with E-state index in [9.17, 15) is 9.18 Å². The maximum absolute atomic E-state index is 13.4. The first kappa shape index (κ1) is 24.1. The van der Waals surface area contributed by atoms with Crippen LogP contribution in [-0.2, 0) is 16.1 Å². The molecular formula is C25H28FN7O2. The maximum atomic E-state index is 13.4. The van der Waals surface area contributed by atoms with Crippen molar-refractivity contribution in [3.63, 3.8) is 0 Å². The van der Waals surface area contributed by atoms with E-state index in [-0.39, 0.29) is 17.6 Å². The van der Waals surface area contributed by atoms with Gasteiger partial charge in [0.25, 0.3) is 0 Å². The third-order valence-electron chi connectivity index (χ3n) is 5.89. The number of aromatic nitrogens is 2. The van der Waals surface area contributed by atoms with Crippen molar-refractivity contribution in [2.45, 2.75) is 25.4 Å². The molecule has 35 heavy (non-hydrogen) atoms. The first-order chi connectivity index (χ1) is 17.0. The molecule has 1 aliphatic rings.